The molecule has 1 aromatic rings. The molecule has 1 unspecified atom stereocenters. The average molecular weight is 358 g/mol. The summed E-state index contributed by atoms with van der Waals surface area (Å²) in [5, 5.41) is 3.23. The highest BCUT2D eigenvalue weighted by atomic mass is 32.2. The number of nitrogens with one attached hydrogen (secondary N) is 1. The second-order valence-corrected chi connectivity index (χ2v) is 9.60. The number of thiophene rings is 1. The molecule has 8 heteroatoms. The SMILES string of the molecule is Cc1ccc(S(=O)(=O)N2CCCC(C(=O)N3CCNCC3)C2)s1. The predicted octanol–water partition coefficient (Wildman–Crippen LogP) is 0.889. The van der Waals surface area contributed by atoms with Gasteiger partial charge in [-0.15, -0.1) is 11.3 Å². The molecule has 0 spiro atoms. The maximum Gasteiger partial charge on any atom is 0.252 e. The second kappa shape index (κ2) is 6.88. The Morgan fingerprint density at radius 1 is 1.26 bits per heavy atom. The van der Waals surface area contributed by atoms with E-state index in [0.29, 0.717) is 30.4 Å². The van der Waals surface area contributed by atoms with Crippen molar-refractivity contribution in [1.82, 2.24) is 14.5 Å². The van der Waals surface area contributed by atoms with Crippen molar-refractivity contribution in [3.05, 3.63) is 17.0 Å². The van der Waals surface area contributed by atoms with E-state index < -0.39 is 10.0 Å². The highest BCUT2D eigenvalue weighted by Gasteiger charge is 2.35. The Balaban J connectivity index is 1.71. The first-order valence-electron chi connectivity index (χ1n) is 8.04. The van der Waals surface area contributed by atoms with E-state index in [9.17, 15) is 13.2 Å². The molecule has 2 aliphatic heterocycles. The zero-order valence-electron chi connectivity index (χ0n) is 13.3. The molecule has 1 N–H and O–H groups in total. The molecular weight excluding hydrogens is 334 g/mol. The van der Waals surface area contributed by atoms with Gasteiger partial charge in [0.2, 0.25) is 5.91 Å². The Bertz CT molecular complexity index is 665. The molecule has 128 valence electrons. The average Bonchev–Trinajstić information content (AvgIpc) is 3.02. The lowest BCUT2D eigenvalue weighted by molar-refractivity contribution is -0.137. The van der Waals surface area contributed by atoms with E-state index in [1.54, 1.807) is 6.07 Å². The van der Waals surface area contributed by atoms with Gasteiger partial charge in [0.15, 0.2) is 0 Å². The maximum absolute atomic E-state index is 12.7. The van der Waals surface area contributed by atoms with E-state index in [2.05, 4.69) is 5.32 Å². The largest absolute Gasteiger partial charge is 0.340 e. The van der Waals surface area contributed by atoms with Crippen molar-refractivity contribution in [3.63, 3.8) is 0 Å². The fourth-order valence-electron chi connectivity index (χ4n) is 3.18. The first-order chi connectivity index (χ1) is 11.0. The normalized spacial score (nSPS) is 23.9. The molecule has 0 saturated carbocycles. The van der Waals surface area contributed by atoms with E-state index in [-0.39, 0.29) is 11.8 Å². The van der Waals surface area contributed by atoms with Crippen molar-refractivity contribution in [3.8, 4) is 0 Å². The summed E-state index contributed by atoms with van der Waals surface area (Å²) in [7, 11) is -3.47. The monoisotopic (exact) mass is 357 g/mol. The number of aryl methyl sites for hydroxylation is 1. The van der Waals surface area contributed by atoms with E-state index in [4.69, 9.17) is 0 Å². The van der Waals surface area contributed by atoms with Crippen molar-refractivity contribution >= 4 is 27.3 Å². The Morgan fingerprint density at radius 3 is 2.65 bits per heavy atom. The predicted molar refractivity (Wildman–Crippen MR) is 90.0 cm³/mol. The first kappa shape index (κ1) is 16.9. The molecule has 3 rings (SSSR count). The smallest absolute Gasteiger partial charge is 0.252 e. The Kier molecular flexibility index (Phi) is 5.05. The third kappa shape index (κ3) is 3.60. The molecule has 1 aromatic heterocycles. The molecule has 3 heterocycles. The summed E-state index contributed by atoms with van der Waals surface area (Å²) in [4.78, 5) is 15.5. The second-order valence-electron chi connectivity index (χ2n) is 6.14. The molecular formula is C15H23N3O3S2. The van der Waals surface area contributed by atoms with Crippen LogP contribution in [0.25, 0.3) is 0 Å². The van der Waals surface area contributed by atoms with Crippen LogP contribution in [0, 0.1) is 12.8 Å². The van der Waals surface area contributed by atoms with Gasteiger partial charge in [0.1, 0.15) is 4.21 Å². The van der Waals surface area contributed by atoms with Crippen LogP contribution in [0.3, 0.4) is 0 Å². The Morgan fingerprint density at radius 2 is 2.00 bits per heavy atom. The summed E-state index contributed by atoms with van der Waals surface area (Å²) < 4.78 is 27.4. The van der Waals surface area contributed by atoms with Gasteiger partial charge in [-0.1, -0.05) is 0 Å². The van der Waals surface area contributed by atoms with Crippen LogP contribution in [-0.4, -0.2) is 62.8 Å². The molecule has 0 bridgehead atoms. The summed E-state index contributed by atoms with van der Waals surface area (Å²) in [6, 6.07) is 3.49. The number of rotatable bonds is 3. The molecule has 23 heavy (non-hydrogen) atoms. The van der Waals surface area contributed by atoms with E-state index >= 15 is 0 Å². The van der Waals surface area contributed by atoms with Gasteiger partial charge in [-0.2, -0.15) is 4.31 Å². The lowest BCUT2D eigenvalue weighted by Gasteiger charge is -2.35. The van der Waals surface area contributed by atoms with Gasteiger partial charge in [-0.05, 0) is 31.9 Å². The zero-order valence-corrected chi connectivity index (χ0v) is 15.0. The van der Waals surface area contributed by atoms with Crippen LogP contribution in [-0.2, 0) is 14.8 Å². The lowest BCUT2D eigenvalue weighted by atomic mass is 9.98. The first-order valence-corrected chi connectivity index (χ1v) is 10.3. The summed E-state index contributed by atoms with van der Waals surface area (Å²) in [6.07, 6.45) is 1.52. The summed E-state index contributed by atoms with van der Waals surface area (Å²) in [5.74, 6) is -0.105. The van der Waals surface area contributed by atoms with Gasteiger partial charge < -0.3 is 10.2 Å². The van der Waals surface area contributed by atoms with Crippen LogP contribution in [0.5, 0.6) is 0 Å². The summed E-state index contributed by atoms with van der Waals surface area (Å²) in [6.45, 7) is 5.77. The van der Waals surface area contributed by atoms with E-state index in [1.165, 1.54) is 15.6 Å². The number of hydrogen-bond donors (Lipinski definition) is 1. The zero-order chi connectivity index (χ0) is 16.4. The third-order valence-electron chi connectivity index (χ3n) is 4.47. The molecule has 0 aromatic carbocycles. The summed E-state index contributed by atoms with van der Waals surface area (Å²) in [5.41, 5.74) is 0. The van der Waals surface area contributed by atoms with Crippen LogP contribution >= 0.6 is 11.3 Å². The van der Waals surface area contributed by atoms with Gasteiger partial charge in [0, 0.05) is 44.1 Å². The number of hydrogen-bond acceptors (Lipinski definition) is 5. The van der Waals surface area contributed by atoms with Crippen LogP contribution in [0.4, 0.5) is 0 Å². The van der Waals surface area contributed by atoms with Gasteiger partial charge in [0.05, 0.1) is 5.92 Å². The Hall–Kier alpha value is -0.960. The van der Waals surface area contributed by atoms with Crippen LogP contribution in [0.2, 0.25) is 0 Å². The summed E-state index contributed by atoms with van der Waals surface area (Å²) >= 11 is 1.29. The number of amides is 1. The van der Waals surface area contributed by atoms with Crippen molar-refractivity contribution in [2.24, 2.45) is 5.92 Å². The van der Waals surface area contributed by atoms with E-state index in [0.717, 1.165) is 30.8 Å². The number of carbonyl (C=O) groups excluding carboxylic acids is 1. The van der Waals surface area contributed by atoms with Crippen LogP contribution < -0.4 is 5.32 Å². The topological polar surface area (TPSA) is 69.7 Å². The quantitative estimate of drug-likeness (QED) is 0.872. The van der Waals surface area contributed by atoms with Gasteiger partial charge in [0.25, 0.3) is 10.0 Å². The molecule has 2 aliphatic rings. The highest BCUT2D eigenvalue weighted by Crippen LogP contribution is 2.28. The number of carbonyl (C=O) groups is 1. The molecule has 6 nitrogen and oxygen atoms in total. The number of piperazine rings is 1. The maximum atomic E-state index is 12.7. The molecule has 2 fully saturated rings. The standard InChI is InChI=1S/C15H23N3O3S2/c1-12-4-5-14(22-12)23(20,21)18-8-2-3-13(11-18)15(19)17-9-6-16-7-10-17/h4-5,13,16H,2-3,6-11H2,1H3. The molecule has 2 saturated heterocycles. The highest BCUT2D eigenvalue weighted by molar-refractivity contribution is 7.91. The molecule has 0 radical (unpaired) electrons. The minimum absolute atomic E-state index is 0.105. The van der Waals surface area contributed by atoms with Crippen molar-refractivity contribution < 1.29 is 13.2 Å². The minimum atomic E-state index is -3.47. The molecule has 1 amide bonds. The Labute approximate surface area is 141 Å². The van der Waals surface area contributed by atoms with E-state index in [1.807, 2.05) is 17.9 Å². The van der Waals surface area contributed by atoms with Gasteiger partial charge >= 0.3 is 0 Å². The van der Waals surface area contributed by atoms with Crippen molar-refractivity contribution in [1.29, 1.82) is 0 Å². The number of piperidine rings is 1. The molecule has 1 atom stereocenters. The number of nitrogens with zero attached hydrogens (tertiary/aromatic N) is 2. The van der Waals surface area contributed by atoms with Crippen LogP contribution in [0.15, 0.2) is 16.3 Å². The molecule has 0 aliphatic carbocycles. The third-order valence-corrected chi connectivity index (χ3v) is 7.81. The van der Waals surface area contributed by atoms with Crippen molar-refractivity contribution in [2.45, 2.75) is 24.0 Å². The fraction of sp³-hybridized carbons (Fsp3) is 0.667. The van der Waals surface area contributed by atoms with Crippen LogP contribution in [0.1, 0.15) is 17.7 Å². The minimum Gasteiger partial charge on any atom is -0.340 e. The number of sulfonamides is 1. The van der Waals surface area contributed by atoms with Crippen molar-refractivity contribution in [2.75, 3.05) is 39.3 Å². The fourth-order valence-corrected chi connectivity index (χ4v) is 6.15. The van der Waals surface area contributed by atoms with Gasteiger partial charge in [-0.3, -0.25) is 4.79 Å². The lowest BCUT2D eigenvalue weighted by Crippen LogP contribution is -2.51. The van der Waals surface area contributed by atoms with Gasteiger partial charge in [-0.25, -0.2) is 8.42 Å².